The van der Waals surface area contributed by atoms with Crippen molar-refractivity contribution >= 4 is 23.4 Å². The van der Waals surface area contributed by atoms with Crippen LogP contribution in [0.4, 0.5) is 13.2 Å². The van der Waals surface area contributed by atoms with E-state index in [1.807, 2.05) is 6.07 Å². The van der Waals surface area contributed by atoms with Crippen LogP contribution in [-0.2, 0) is 12.6 Å². The van der Waals surface area contributed by atoms with E-state index in [0.717, 1.165) is 17.7 Å². The number of benzene rings is 2. The normalized spacial score (nSPS) is 11.1. The molecule has 0 aliphatic heterocycles. The van der Waals surface area contributed by atoms with E-state index in [-0.39, 0.29) is 23.7 Å². The maximum absolute atomic E-state index is 13.0. The van der Waals surface area contributed by atoms with Gasteiger partial charge in [0.2, 0.25) is 0 Å². The first-order valence-electron chi connectivity index (χ1n) is 9.77. The molecule has 10 heteroatoms. The van der Waals surface area contributed by atoms with Gasteiger partial charge in [-0.05, 0) is 48.4 Å². The molecule has 2 N–H and O–H groups in total. The van der Waals surface area contributed by atoms with Crippen LogP contribution >= 0.6 is 11.6 Å². The Morgan fingerprint density at radius 2 is 1.79 bits per heavy atom. The molecule has 0 radical (unpaired) electrons. The van der Waals surface area contributed by atoms with Crippen LogP contribution in [0.3, 0.4) is 0 Å². The molecule has 1 aromatic heterocycles. The number of alkyl halides is 3. The number of carbonyl (C=O) groups excluding carboxylic acids is 2. The summed E-state index contributed by atoms with van der Waals surface area (Å²) in [6, 6.07) is 13.2. The second kappa shape index (κ2) is 10.4. The maximum atomic E-state index is 13.0. The minimum Gasteiger partial charge on any atom is -0.457 e. The van der Waals surface area contributed by atoms with Crippen molar-refractivity contribution in [3.63, 3.8) is 0 Å². The standard InChI is InChI=1S/C23H19ClF3N3O3/c1-28-22(32)20-13-17(8-10-29-20)33-16-4-2-3-14(11-16)7-9-30-21(31)15-5-6-19(24)18(12-15)23(25,26)27/h2-6,8,10-13H,7,9H2,1H3,(H,28,32)(H,30,31). The lowest BCUT2D eigenvalue weighted by Gasteiger charge is -2.11. The van der Waals surface area contributed by atoms with E-state index >= 15 is 0 Å². The average molecular weight is 478 g/mol. The lowest BCUT2D eigenvalue weighted by molar-refractivity contribution is -0.137. The van der Waals surface area contributed by atoms with Crippen LogP contribution in [0.15, 0.2) is 60.8 Å². The van der Waals surface area contributed by atoms with Crippen molar-refractivity contribution in [2.24, 2.45) is 0 Å². The number of amides is 2. The fraction of sp³-hybridized carbons (Fsp3) is 0.174. The van der Waals surface area contributed by atoms with Gasteiger partial charge in [-0.2, -0.15) is 13.2 Å². The highest BCUT2D eigenvalue weighted by Gasteiger charge is 2.33. The fourth-order valence-corrected chi connectivity index (χ4v) is 3.16. The third-order valence-corrected chi connectivity index (χ3v) is 4.89. The maximum Gasteiger partial charge on any atom is 0.417 e. The van der Waals surface area contributed by atoms with Crippen LogP contribution in [0.25, 0.3) is 0 Å². The monoisotopic (exact) mass is 477 g/mol. The van der Waals surface area contributed by atoms with Crippen LogP contribution in [-0.4, -0.2) is 30.4 Å². The van der Waals surface area contributed by atoms with Gasteiger partial charge in [0.25, 0.3) is 11.8 Å². The van der Waals surface area contributed by atoms with Gasteiger partial charge in [-0.3, -0.25) is 14.6 Å². The Balaban J connectivity index is 1.61. The summed E-state index contributed by atoms with van der Waals surface area (Å²) in [5.41, 5.74) is -0.143. The molecular formula is C23H19ClF3N3O3. The minimum absolute atomic E-state index is 0.131. The molecule has 0 saturated heterocycles. The Kier molecular flexibility index (Phi) is 7.55. The molecule has 0 spiro atoms. The quantitative estimate of drug-likeness (QED) is 0.508. The largest absolute Gasteiger partial charge is 0.457 e. The number of pyridine rings is 1. The molecule has 2 aromatic carbocycles. The first-order chi connectivity index (χ1) is 15.7. The first kappa shape index (κ1) is 24.1. The summed E-state index contributed by atoms with van der Waals surface area (Å²) >= 11 is 5.59. The summed E-state index contributed by atoms with van der Waals surface area (Å²) in [5, 5.41) is 4.62. The molecule has 0 unspecified atom stereocenters. The van der Waals surface area contributed by atoms with Crippen molar-refractivity contribution in [3.05, 3.63) is 88.2 Å². The zero-order chi connectivity index (χ0) is 24.0. The van der Waals surface area contributed by atoms with Crippen molar-refractivity contribution < 1.29 is 27.5 Å². The molecule has 0 aliphatic carbocycles. The number of halogens is 4. The number of aromatic nitrogens is 1. The predicted molar refractivity (Wildman–Crippen MR) is 117 cm³/mol. The Hall–Kier alpha value is -3.59. The molecule has 1 heterocycles. The van der Waals surface area contributed by atoms with Crippen molar-refractivity contribution in [2.45, 2.75) is 12.6 Å². The highest BCUT2D eigenvalue weighted by atomic mass is 35.5. The number of nitrogens with one attached hydrogen (secondary N) is 2. The van der Waals surface area contributed by atoms with E-state index in [0.29, 0.717) is 17.9 Å². The lowest BCUT2D eigenvalue weighted by Crippen LogP contribution is -2.26. The summed E-state index contributed by atoms with van der Waals surface area (Å²) in [6.45, 7) is 0.197. The van der Waals surface area contributed by atoms with E-state index in [4.69, 9.17) is 16.3 Å². The van der Waals surface area contributed by atoms with E-state index in [2.05, 4.69) is 15.6 Å². The van der Waals surface area contributed by atoms with Gasteiger partial charge in [0.05, 0.1) is 10.6 Å². The van der Waals surface area contributed by atoms with E-state index in [9.17, 15) is 22.8 Å². The number of hydrogen-bond donors (Lipinski definition) is 2. The van der Waals surface area contributed by atoms with Crippen LogP contribution in [0.5, 0.6) is 11.5 Å². The smallest absolute Gasteiger partial charge is 0.417 e. The molecule has 0 bridgehead atoms. The van der Waals surface area contributed by atoms with Gasteiger partial charge < -0.3 is 15.4 Å². The van der Waals surface area contributed by atoms with Crippen LogP contribution in [0, 0.1) is 0 Å². The summed E-state index contributed by atoms with van der Waals surface area (Å²) < 4.78 is 44.7. The number of rotatable bonds is 7. The van der Waals surface area contributed by atoms with Gasteiger partial charge >= 0.3 is 6.18 Å². The Bertz CT molecular complexity index is 1170. The molecule has 3 rings (SSSR count). The van der Waals surface area contributed by atoms with Gasteiger partial charge in [0, 0.05) is 31.4 Å². The van der Waals surface area contributed by atoms with Gasteiger partial charge in [-0.25, -0.2) is 0 Å². The molecule has 0 saturated carbocycles. The fourth-order valence-electron chi connectivity index (χ4n) is 2.93. The Labute approximate surface area is 192 Å². The number of carbonyl (C=O) groups is 2. The van der Waals surface area contributed by atoms with Crippen LogP contribution < -0.4 is 15.4 Å². The average Bonchev–Trinajstić information content (AvgIpc) is 2.78. The van der Waals surface area contributed by atoms with E-state index in [1.165, 1.54) is 25.4 Å². The molecule has 0 fully saturated rings. The van der Waals surface area contributed by atoms with E-state index < -0.39 is 22.7 Å². The minimum atomic E-state index is -4.65. The highest BCUT2D eigenvalue weighted by molar-refractivity contribution is 6.31. The van der Waals surface area contributed by atoms with E-state index in [1.54, 1.807) is 24.3 Å². The van der Waals surface area contributed by atoms with Gasteiger partial charge in [0.1, 0.15) is 17.2 Å². The van der Waals surface area contributed by atoms with Gasteiger partial charge in [-0.15, -0.1) is 0 Å². The summed E-state index contributed by atoms with van der Waals surface area (Å²) in [7, 11) is 1.50. The number of nitrogens with zero attached hydrogens (tertiary/aromatic N) is 1. The third kappa shape index (κ3) is 6.45. The Morgan fingerprint density at radius 1 is 1.03 bits per heavy atom. The zero-order valence-electron chi connectivity index (χ0n) is 17.4. The second-order valence-electron chi connectivity index (χ2n) is 6.90. The predicted octanol–water partition coefficient (Wildman–Crippen LogP) is 4.88. The molecule has 33 heavy (non-hydrogen) atoms. The number of hydrogen-bond acceptors (Lipinski definition) is 4. The van der Waals surface area contributed by atoms with Crippen molar-refractivity contribution in [1.29, 1.82) is 0 Å². The second-order valence-corrected chi connectivity index (χ2v) is 7.31. The molecule has 0 aliphatic rings. The van der Waals surface area contributed by atoms with Crippen LogP contribution in [0.2, 0.25) is 5.02 Å². The zero-order valence-corrected chi connectivity index (χ0v) is 18.1. The summed E-state index contributed by atoms with van der Waals surface area (Å²) in [6.07, 6.45) is -2.77. The lowest BCUT2D eigenvalue weighted by atomic mass is 10.1. The summed E-state index contributed by atoms with van der Waals surface area (Å²) in [4.78, 5) is 27.9. The third-order valence-electron chi connectivity index (χ3n) is 4.56. The van der Waals surface area contributed by atoms with Crippen LogP contribution in [0.1, 0.15) is 32.0 Å². The van der Waals surface area contributed by atoms with Crippen molar-refractivity contribution in [3.8, 4) is 11.5 Å². The molecule has 6 nitrogen and oxygen atoms in total. The SMILES string of the molecule is CNC(=O)c1cc(Oc2cccc(CCNC(=O)c3ccc(Cl)c(C(F)(F)F)c3)c2)ccn1. The van der Waals surface area contributed by atoms with Gasteiger partial charge in [-0.1, -0.05) is 23.7 Å². The molecule has 2 amide bonds. The topological polar surface area (TPSA) is 80.3 Å². The molecule has 0 atom stereocenters. The Morgan fingerprint density at radius 3 is 2.52 bits per heavy atom. The molecule has 3 aromatic rings. The van der Waals surface area contributed by atoms with Crippen molar-refractivity contribution in [1.82, 2.24) is 15.6 Å². The first-order valence-corrected chi connectivity index (χ1v) is 10.1. The molecule has 172 valence electrons. The van der Waals surface area contributed by atoms with Gasteiger partial charge in [0.15, 0.2) is 0 Å². The highest BCUT2D eigenvalue weighted by Crippen LogP contribution is 2.35. The summed E-state index contributed by atoms with van der Waals surface area (Å²) in [5.74, 6) is -0.0336. The van der Waals surface area contributed by atoms with Crippen molar-refractivity contribution in [2.75, 3.05) is 13.6 Å². The number of ether oxygens (including phenoxy) is 1. The molecular weight excluding hydrogens is 459 g/mol.